The van der Waals surface area contributed by atoms with E-state index in [0.717, 1.165) is 24.3 Å². The van der Waals surface area contributed by atoms with Crippen LogP contribution in [0.2, 0.25) is 0 Å². The van der Waals surface area contributed by atoms with Gasteiger partial charge in [-0.25, -0.2) is 0 Å². The Morgan fingerprint density at radius 1 is 1.20 bits per heavy atom. The van der Waals surface area contributed by atoms with Crippen molar-refractivity contribution in [3.8, 4) is 0 Å². The Labute approximate surface area is 95.3 Å². The summed E-state index contributed by atoms with van der Waals surface area (Å²) in [4.78, 5) is 0. The summed E-state index contributed by atoms with van der Waals surface area (Å²) in [6, 6.07) is 0. The van der Waals surface area contributed by atoms with E-state index in [1.165, 1.54) is 25.7 Å². The minimum atomic E-state index is 0.862. The fourth-order valence-electron chi connectivity index (χ4n) is 2.93. The second-order valence-electron chi connectivity index (χ2n) is 5.45. The van der Waals surface area contributed by atoms with Gasteiger partial charge in [-0.15, -0.1) is 0 Å². The van der Waals surface area contributed by atoms with Crippen molar-refractivity contribution in [1.82, 2.24) is 5.32 Å². The molecule has 1 N–H and O–H groups in total. The first kappa shape index (κ1) is 12.8. The predicted octanol–water partition coefficient (Wildman–Crippen LogP) is 3.61. The molecule has 0 aromatic rings. The Bertz CT molecular complexity index is 197. The highest BCUT2D eigenvalue weighted by Crippen LogP contribution is 2.36. The van der Waals surface area contributed by atoms with E-state index in [2.05, 4.69) is 32.2 Å². The van der Waals surface area contributed by atoms with Gasteiger partial charge in [0, 0.05) is 0 Å². The molecule has 0 spiro atoms. The fraction of sp³-hybridized carbons (Fsp3) is 0.857. The molecule has 1 fully saturated rings. The van der Waals surface area contributed by atoms with Gasteiger partial charge in [-0.3, -0.25) is 0 Å². The molecule has 1 rings (SSSR count). The highest BCUT2D eigenvalue weighted by Gasteiger charge is 2.24. The first-order chi connectivity index (χ1) is 7.13. The molecule has 1 saturated carbocycles. The molecular weight excluding hydrogens is 182 g/mol. The van der Waals surface area contributed by atoms with Crippen LogP contribution in [0.25, 0.3) is 0 Å². The molecule has 1 heteroatoms. The lowest BCUT2D eigenvalue weighted by Crippen LogP contribution is -2.20. The molecule has 1 aliphatic rings. The van der Waals surface area contributed by atoms with Crippen molar-refractivity contribution >= 4 is 0 Å². The first-order valence-electron chi connectivity index (χ1n) is 6.44. The molecule has 0 amide bonds. The number of nitrogens with one attached hydrogen (secondary N) is 1. The van der Waals surface area contributed by atoms with Crippen LogP contribution in [0.1, 0.15) is 46.5 Å². The summed E-state index contributed by atoms with van der Waals surface area (Å²) in [5.74, 6) is 2.71. The molecule has 0 saturated heterocycles. The third kappa shape index (κ3) is 4.38. The van der Waals surface area contributed by atoms with E-state index in [1.807, 2.05) is 7.05 Å². The lowest BCUT2D eigenvalue weighted by molar-refractivity contribution is 0.243. The van der Waals surface area contributed by atoms with Gasteiger partial charge in [0.25, 0.3) is 0 Å². The van der Waals surface area contributed by atoms with Gasteiger partial charge in [0.15, 0.2) is 0 Å². The summed E-state index contributed by atoms with van der Waals surface area (Å²) < 4.78 is 0. The number of rotatable bonds is 4. The molecule has 88 valence electrons. The number of hydrogen-bond acceptors (Lipinski definition) is 1. The second kappa shape index (κ2) is 6.32. The first-order valence-corrected chi connectivity index (χ1v) is 6.44. The van der Waals surface area contributed by atoms with Crippen molar-refractivity contribution in [1.29, 1.82) is 0 Å². The van der Waals surface area contributed by atoms with Crippen LogP contribution in [0.5, 0.6) is 0 Å². The third-order valence-electron chi connectivity index (χ3n) is 3.68. The third-order valence-corrected chi connectivity index (χ3v) is 3.68. The largest absolute Gasteiger partial charge is 0.319 e. The average molecular weight is 209 g/mol. The van der Waals surface area contributed by atoms with Crippen LogP contribution in [0.4, 0.5) is 0 Å². The van der Waals surface area contributed by atoms with Crippen LogP contribution in [0, 0.1) is 17.8 Å². The van der Waals surface area contributed by atoms with E-state index < -0.39 is 0 Å². The number of allylic oxidation sites excluding steroid dienone is 1. The molecule has 1 aliphatic carbocycles. The molecule has 0 radical (unpaired) electrons. The molecule has 1 nitrogen and oxygen atoms in total. The summed E-state index contributed by atoms with van der Waals surface area (Å²) in [6.07, 6.45) is 7.87. The van der Waals surface area contributed by atoms with E-state index in [0.29, 0.717) is 0 Å². The zero-order valence-corrected chi connectivity index (χ0v) is 10.8. The van der Waals surface area contributed by atoms with Crippen molar-refractivity contribution in [3.05, 3.63) is 11.6 Å². The summed E-state index contributed by atoms with van der Waals surface area (Å²) in [6.45, 7) is 8.24. The standard InChI is InChI=1S/C14H27N/c1-11-8-12(2)10-14(9-11)13(3)6-5-7-15-4/h6,11-12,14-15H,5,7-10H2,1-4H3. The monoisotopic (exact) mass is 209 g/mol. The van der Waals surface area contributed by atoms with E-state index in [-0.39, 0.29) is 0 Å². The average Bonchev–Trinajstić information content (AvgIpc) is 2.16. The van der Waals surface area contributed by atoms with E-state index >= 15 is 0 Å². The molecule has 0 aromatic carbocycles. The molecular formula is C14H27N. The minimum Gasteiger partial charge on any atom is -0.319 e. The number of hydrogen-bond donors (Lipinski definition) is 1. The topological polar surface area (TPSA) is 12.0 Å². The molecule has 0 bridgehead atoms. The summed E-state index contributed by atoms with van der Waals surface area (Å²) >= 11 is 0. The molecule has 2 atom stereocenters. The van der Waals surface area contributed by atoms with Crippen LogP contribution in [0.15, 0.2) is 11.6 Å². The van der Waals surface area contributed by atoms with Crippen LogP contribution >= 0.6 is 0 Å². The second-order valence-corrected chi connectivity index (χ2v) is 5.45. The predicted molar refractivity (Wildman–Crippen MR) is 68.0 cm³/mol. The van der Waals surface area contributed by atoms with Gasteiger partial charge in [-0.1, -0.05) is 25.5 Å². The maximum absolute atomic E-state index is 3.20. The molecule has 0 heterocycles. The molecule has 15 heavy (non-hydrogen) atoms. The normalized spacial score (nSPS) is 33.1. The fourth-order valence-corrected chi connectivity index (χ4v) is 2.93. The highest BCUT2D eigenvalue weighted by atomic mass is 14.8. The maximum Gasteiger partial charge on any atom is -0.00172 e. The highest BCUT2D eigenvalue weighted by molar-refractivity contribution is 5.05. The maximum atomic E-state index is 3.20. The Balaban J connectivity index is 2.43. The van der Waals surface area contributed by atoms with Gasteiger partial charge in [0.05, 0.1) is 0 Å². The van der Waals surface area contributed by atoms with E-state index in [9.17, 15) is 0 Å². The van der Waals surface area contributed by atoms with Gasteiger partial charge in [0.1, 0.15) is 0 Å². The van der Waals surface area contributed by atoms with E-state index in [1.54, 1.807) is 5.57 Å². The van der Waals surface area contributed by atoms with Gasteiger partial charge in [-0.05, 0) is 64.0 Å². The van der Waals surface area contributed by atoms with Crippen molar-refractivity contribution in [2.24, 2.45) is 17.8 Å². The summed E-state index contributed by atoms with van der Waals surface area (Å²) in [7, 11) is 2.02. The molecule has 0 aromatic heterocycles. The molecule has 2 unspecified atom stereocenters. The summed E-state index contributed by atoms with van der Waals surface area (Å²) in [5.41, 5.74) is 1.63. The Morgan fingerprint density at radius 3 is 2.33 bits per heavy atom. The van der Waals surface area contributed by atoms with Crippen molar-refractivity contribution in [2.75, 3.05) is 13.6 Å². The SMILES string of the molecule is CNCCC=C(C)C1CC(C)CC(C)C1. The van der Waals surface area contributed by atoms with Crippen molar-refractivity contribution < 1.29 is 0 Å². The van der Waals surface area contributed by atoms with Crippen LogP contribution in [-0.4, -0.2) is 13.6 Å². The van der Waals surface area contributed by atoms with Crippen molar-refractivity contribution in [3.63, 3.8) is 0 Å². The van der Waals surface area contributed by atoms with E-state index in [4.69, 9.17) is 0 Å². The quantitative estimate of drug-likeness (QED) is 0.551. The summed E-state index contributed by atoms with van der Waals surface area (Å²) in [5, 5.41) is 3.20. The smallest absolute Gasteiger partial charge is 0.00172 e. The van der Waals surface area contributed by atoms with Gasteiger partial charge < -0.3 is 5.32 Å². The lowest BCUT2D eigenvalue weighted by Gasteiger charge is -2.32. The van der Waals surface area contributed by atoms with Crippen LogP contribution in [0.3, 0.4) is 0 Å². The van der Waals surface area contributed by atoms with Gasteiger partial charge in [0.2, 0.25) is 0 Å². The van der Waals surface area contributed by atoms with Crippen LogP contribution < -0.4 is 5.32 Å². The Hall–Kier alpha value is -0.300. The Morgan fingerprint density at radius 2 is 1.80 bits per heavy atom. The zero-order valence-electron chi connectivity index (χ0n) is 10.8. The van der Waals surface area contributed by atoms with Crippen molar-refractivity contribution in [2.45, 2.75) is 46.5 Å². The lowest BCUT2D eigenvalue weighted by atomic mass is 9.74. The molecule has 0 aliphatic heterocycles. The van der Waals surface area contributed by atoms with Gasteiger partial charge in [-0.2, -0.15) is 0 Å². The Kier molecular flexibility index (Phi) is 5.38. The zero-order chi connectivity index (χ0) is 11.3. The minimum absolute atomic E-state index is 0.862. The van der Waals surface area contributed by atoms with Gasteiger partial charge >= 0.3 is 0 Å². The van der Waals surface area contributed by atoms with Crippen LogP contribution in [-0.2, 0) is 0 Å².